The number of imidazole rings is 2. The van der Waals surface area contributed by atoms with Crippen molar-refractivity contribution in [3.05, 3.63) is 66.5 Å². The van der Waals surface area contributed by atoms with Gasteiger partial charge in [-0.05, 0) is 24.6 Å². The zero-order valence-corrected chi connectivity index (χ0v) is 14.2. The molecule has 3 aromatic heterocycles. The highest BCUT2D eigenvalue weighted by Crippen LogP contribution is 2.25. The summed E-state index contributed by atoms with van der Waals surface area (Å²) in [6, 6.07) is 5.73. The fourth-order valence-corrected chi connectivity index (χ4v) is 3.15. The Hall–Kier alpha value is -3.09. The number of hydrogen-bond acceptors (Lipinski definition) is 3. The average molecular weight is 353 g/mol. The van der Waals surface area contributed by atoms with Gasteiger partial charge in [-0.3, -0.25) is 4.98 Å². The van der Waals surface area contributed by atoms with Crippen molar-refractivity contribution in [3.8, 4) is 11.4 Å². The Labute approximate surface area is 149 Å². The summed E-state index contributed by atoms with van der Waals surface area (Å²) in [5, 5.41) is 0. The van der Waals surface area contributed by atoms with Gasteiger partial charge in [0.15, 0.2) is 0 Å². The molecule has 0 saturated heterocycles. The van der Waals surface area contributed by atoms with Crippen molar-refractivity contribution in [2.75, 3.05) is 0 Å². The Morgan fingerprint density at radius 1 is 1.08 bits per heavy atom. The third kappa shape index (κ3) is 2.75. The molecule has 0 unspecified atom stereocenters. The van der Waals surface area contributed by atoms with E-state index in [0.717, 1.165) is 29.8 Å². The Kier molecular flexibility index (Phi) is 4.20. The second-order valence-electron chi connectivity index (χ2n) is 6.02. The van der Waals surface area contributed by atoms with Gasteiger partial charge in [0.05, 0.1) is 23.8 Å². The van der Waals surface area contributed by atoms with Crippen LogP contribution < -0.4 is 0 Å². The van der Waals surface area contributed by atoms with Crippen LogP contribution in [0.4, 0.5) is 8.78 Å². The van der Waals surface area contributed by atoms with Crippen molar-refractivity contribution in [2.45, 2.75) is 26.4 Å². The van der Waals surface area contributed by atoms with Crippen molar-refractivity contribution in [1.82, 2.24) is 24.1 Å². The summed E-state index contributed by atoms with van der Waals surface area (Å²) in [5.74, 6) is -0.230. The second-order valence-corrected chi connectivity index (χ2v) is 6.02. The Morgan fingerprint density at radius 2 is 1.88 bits per heavy atom. The summed E-state index contributed by atoms with van der Waals surface area (Å²) >= 11 is 0. The maximum atomic E-state index is 14.2. The predicted molar refractivity (Wildman–Crippen MR) is 94.5 cm³/mol. The molecule has 3 heterocycles. The van der Waals surface area contributed by atoms with Crippen LogP contribution in [-0.2, 0) is 13.1 Å². The molecule has 0 bridgehead atoms. The van der Waals surface area contributed by atoms with Crippen molar-refractivity contribution in [2.24, 2.45) is 0 Å². The van der Waals surface area contributed by atoms with E-state index in [-0.39, 0.29) is 11.4 Å². The van der Waals surface area contributed by atoms with E-state index in [1.165, 1.54) is 24.4 Å². The molecule has 132 valence electrons. The van der Waals surface area contributed by atoms with Crippen LogP contribution in [0.25, 0.3) is 22.4 Å². The van der Waals surface area contributed by atoms with Gasteiger partial charge in [0.25, 0.3) is 0 Å². The molecule has 0 N–H and O–H groups in total. The molecule has 0 aliphatic rings. The number of hydrogen-bond donors (Lipinski definition) is 0. The molecular weight excluding hydrogens is 336 g/mol. The number of aromatic nitrogens is 5. The Bertz CT molecular complexity index is 1050. The number of aryl methyl sites for hydroxylation is 1. The third-order valence-corrected chi connectivity index (χ3v) is 4.29. The summed E-state index contributed by atoms with van der Waals surface area (Å²) in [4.78, 5) is 12.9. The third-order valence-electron chi connectivity index (χ3n) is 4.29. The number of halogens is 2. The normalized spacial score (nSPS) is 11.3. The van der Waals surface area contributed by atoms with Crippen LogP contribution in [-0.4, -0.2) is 24.1 Å². The van der Waals surface area contributed by atoms with Crippen LogP contribution in [0, 0.1) is 11.6 Å². The monoisotopic (exact) mass is 353 g/mol. The highest BCUT2D eigenvalue weighted by Gasteiger charge is 2.18. The van der Waals surface area contributed by atoms with Crippen LogP contribution in [0.3, 0.4) is 0 Å². The zero-order valence-electron chi connectivity index (χ0n) is 14.2. The average Bonchev–Trinajstić information content (AvgIpc) is 3.21. The van der Waals surface area contributed by atoms with E-state index in [1.54, 1.807) is 23.2 Å². The van der Waals surface area contributed by atoms with E-state index in [4.69, 9.17) is 0 Å². The van der Waals surface area contributed by atoms with E-state index in [2.05, 4.69) is 26.4 Å². The first-order chi connectivity index (χ1) is 12.7. The van der Waals surface area contributed by atoms with Gasteiger partial charge in [0, 0.05) is 25.1 Å². The number of fused-ring (bicyclic) bond motifs is 1. The molecule has 0 aliphatic carbocycles. The molecule has 0 aliphatic heterocycles. The summed E-state index contributed by atoms with van der Waals surface area (Å²) in [6.07, 6.45) is 7.64. The van der Waals surface area contributed by atoms with Crippen LogP contribution in [0.1, 0.15) is 19.2 Å². The minimum absolute atomic E-state index is 0.127. The van der Waals surface area contributed by atoms with Crippen LogP contribution in [0.15, 0.2) is 49.1 Å². The number of rotatable bonds is 5. The summed E-state index contributed by atoms with van der Waals surface area (Å²) in [6.45, 7) is 3.25. The minimum Gasteiger partial charge on any atom is -0.326 e. The quantitative estimate of drug-likeness (QED) is 0.544. The van der Waals surface area contributed by atoms with Gasteiger partial charge in [-0.2, -0.15) is 0 Å². The molecule has 26 heavy (non-hydrogen) atoms. The summed E-state index contributed by atoms with van der Waals surface area (Å²) < 4.78 is 32.2. The van der Waals surface area contributed by atoms with Gasteiger partial charge < -0.3 is 9.13 Å². The van der Waals surface area contributed by atoms with Crippen molar-refractivity contribution in [1.29, 1.82) is 0 Å². The van der Waals surface area contributed by atoms with Gasteiger partial charge in [0.1, 0.15) is 28.8 Å². The molecule has 1 aromatic carbocycles. The highest BCUT2D eigenvalue weighted by molar-refractivity contribution is 5.74. The second kappa shape index (κ2) is 6.67. The number of pyridine rings is 1. The molecule has 4 rings (SSSR count). The SMILES string of the molecule is CCCn1c(Cn2ccnc2-c2c(F)cccc2F)nc2cnccc21. The molecule has 0 amide bonds. The van der Waals surface area contributed by atoms with Gasteiger partial charge in [-0.15, -0.1) is 0 Å². The highest BCUT2D eigenvalue weighted by atomic mass is 19.1. The van der Waals surface area contributed by atoms with Gasteiger partial charge in [0.2, 0.25) is 0 Å². The van der Waals surface area contributed by atoms with Gasteiger partial charge >= 0.3 is 0 Å². The molecule has 0 saturated carbocycles. The van der Waals surface area contributed by atoms with E-state index in [0.29, 0.717) is 6.54 Å². The lowest BCUT2D eigenvalue weighted by atomic mass is 10.2. The minimum atomic E-state index is -0.635. The van der Waals surface area contributed by atoms with Crippen LogP contribution >= 0.6 is 0 Å². The lowest BCUT2D eigenvalue weighted by Gasteiger charge is -2.11. The Balaban J connectivity index is 1.79. The molecule has 5 nitrogen and oxygen atoms in total. The molecule has 0 fully saturated rings. The maximum absolute atomic E-state index is 14.2. The molecular formula is C19H17F2N5. The number of nitrogens with zero attached hydrogens (tertiary/aromatic N) is 5. The molecule has 7 heteroatoms. The lowest BCUT2D eigenvalue weighted by molar-refractivity contribution is 0.582. The van der Waals surface area contributed by atoms with Crippen LogP contribution in [0.5, 0.6) is 0 Å². The maximum Gasteiger partial charge on any atom is 0.146 e. The number of benzene rings is 1. The van der Waals surface area contributed by atoms with Crippen LogP contribution in [0.2, 0.25) is 0 Å². The summed E-state index contributed by atoms with van der Waals surface area (Å²) in [5.41, 5.74) is 1.67. The van der Waals surface area contributed by atoms with E-state index < -0.39 is 11.6 Å². The van der Waals surface area contributed by atoms with Gasteiger partial charge in [-0.25, -0.2) is 18.7 Å². The molecule has 0 radical (unpaired) electrons. The standard InChI is InChI=1S/C19H17F2N5/c1-2-9-26-16-6-7-22-11-15(16)24-17(26)12-25-10-8-23-19(25)18-13(20)4-3-5-14(18)21/h3-8,10-11H,2,9,12H2,1H3. The zero-order chi connectivity index (χ0) is 18.1. The van der Waals surface area contributed by atoms with E-state index in [9.17, 15) is 8.78 Å². The summed E-state index contributed by atoms with van der Waals surface area (Å²) in [7, 11) is 0. The molecule has 0 spiro atoms. The fourth-order valence-electron chi connectivity index (χ4n) is 3.15. The topological polar surface area (TPSA) is 48.5 Å². The fraction of sp³-hybridized carbons (Fsp3) is 0.211. The first-order valence-corrected chi connectivity index (χ1v) is 8.43. The van der Waals surface area contributed by atoms with Gasteiger partial charge in [-0.1, -0.05) is 13.0 Å². The molecule has 4 aromatic rings. The van der Waals surface area contributed by atoms with E-state index in [1.807, 2.05) is 6.07 Å². The largest absolute Gasteiger partial charge is 0.326 e. The van der Waals surface area contributed by atoms with Crippen molar-refractivity contribution in [3.63, 3.8) is 0 Å². The first kappa shape index (κ1) is 16.4. The smallest absolute Gasteiger partial charge is 0.146 e. The first-order valence-electron chi connectivity index (χ1n) is 8.43. The van der Waals surface area contributed by atoms with Crippen molar-refractivity contribution < 1.29 is 8.78 Å². The van der Waals surface area contributed by atoms with Crippen molar-refractivity contribution >= 4 is 11.0 Å². The lowest BCUT2D eigenvalue weighted by Crippen LogP contribution is -2.10. The Morgan fingerprint density at radius 3 is 2.65 bits per heavy atom. The molecule has 0 atom stereocenters. The predicted octanol–water partition coefficient (Wildman–Crippen LogP) is 4.03. The van der Waals surface area contributed by atoms with E-state index >= 15 is 0 Å².